The maximum atomic E-state index is 10.4. The van der Waals surface area contributed by atoms with Gasteiger partial charge in [-0.2, -0.15) is 0 Å². The molecule has 1 rings (SSSR count). The van der Waals surface area contributed by atoms with E-state index in [1.807, 2.05) is 0 Å². The Morgan fingerprint density at radius 3 is 2.46 bits per heavy atom. The number of hydrogen-bond donors (Lipinski definition) is 1. The van der Waals surface area contributed by atoms with E-state index in [0.29, 0.717) is 6.04 Å². The Morgan fingerprint density at radius 2 is 1.92 bits per heavy atom. The highest BCUT2D eigenvalue weighted by Gasteiger charge is 2.21. The molecule has 1 aliphatic rings. The van der Waals surface area contributed by atoms with Crippen molar-refractivity contribution in [1.29, 1.82) is 0 Å². The van der Waals surface area contributed by atoms with Gasteiger partial charge in [0.2, 0.25) is 0 Å². The predicted molar refractivity (Wildman–Crippen MR) is 51.1 cm³/mol. The Hall–Kier alpha value is -0.120. The van der Waals surface area contributed by atoms with Crippen molar-refractivity contribution >= 4 is 0 Å². The fourth-order valence-corrected chi connectivity index (χ4v) is 2.14. The lowest BCUT2D eigenvalue weighted by molar-refractivity contribution is 0.124. The van der Waals surface area contributed by atoms with Gasteiger partial charge in [-0.25, -0.2) is 5.11 Å². The van der Waals surface area contributed by atoms with Crippen LogP contribution in [0.2, 0.25) is 0 Å². The largest absolute Gasteiger partial charge is 0.395 e. The summed E-state index contributed by atoms with van der Waals surface area (Å²) in [5.74, 6) is 0. The molecule has 13 heavy (non-hydrogen) atoms. The van der Waals surface area contributed by atoms with Crippen molar-refractivity contribution in [2.45, 2.75) is 38.1 Å². The molecule has 0 unspecified atom stereocenters. The van der Waals surface area contributed by atoms with Crippen molar-refractivity contribution in [2.24, 2.45) is 0 Å². The lowest BCUT2D eigenvalue weighted by Gasteiger charge is -2.27. The molecule has 0 bridgehead atoms. The van der Waals surface area contributed by atoms with Gasteiger partial charge < -0.3 is 5.11 Å². The Morgan fingerprint density at radius 1 is 1.23 bits per heavy atom. The van der Waals surface area contributed by atoms with Crippen LogP contribution in [0, 0.1) is 0 Å². The van der Waals surface area contributed by atoms with Gasteiger partial charge in [0.25, 0.3) is 0 Å². The lowest BCUT2D eigenvalue weighted by Crippen LogP contribution is -2.36. The molecular formula is C10H20NO2. The van der Waals surface area contributed by atoms with Crippen molar-refractivity contribution in [3.63, 3.8) is 0 Å². The predicted octanol–water partition coefficient (Wildman–Crippen LogP) is 1.04. The van der Waals surface area contributed by atoms with Crippen LogP contribution in [0.5, 0.6) is 0 Å². The van der Waals surface area contributed by atoms with Gasteiger partial charge in [0.05, 0.1) is 13.2 Å². The molecule has 0 aromatic rings. The summed E-state index contributed by atoms with van der Waals surface area (Å²) in [4.78, 5) is 2.28. The Balaban J connectivity index is 2.26. The van der Waals surface area contributed by atoms with Gasteiger partial charge in [0.15, 0.2) is 0 Å². The van der Waals surface area contributed by atoms with E-state index >= 15 is 0 Å². The van der Waals surface area contributed by atoms with Crippen LogP contribution < -0.4 is 0 Å². The highest BCUT2D eigenvalue weighted by atomic mass is 16.3. The van der Waals surface area contributed by atoms with Crippen LogP contribution in [0.4, 0.5) is 0 Å². The zero-order valence-electron chi connectivity index (χ0n) is 8.24. The van der Waals surface area contributed by atoms with Crippen LogP contribution in [0.1, 0.15) is 32.1 Å². The summed E-state index contributed by atoms with van der Waals surface area (Å²) in [6, 6.07) is 0.638. The zero-order valence-corrected chi connectivity index (χ0v) is 8.24. The highest BCUT2D eigenvalue weighted by molar-refractivity contribution is 4.77. The molecule has 0 aromatic carbocycles. The molecule has 0 aromatic heterocycles. The van der Waals surface area contributed by atoms with E-state index in [2.05, 4.69) is 4.90 Å². The molecule has 1 aliphatic carbocycles. The first-order valence-electron chi connectivity index (χ1n) is 5.31. The molecular weight excluding hydrogens is 166 g/mol. The number of hydrogen-bond acceptors (Lipinski definition) is 2. The Bertz CT molecular complexity index is 124. The number of aliphatic hydroxyl groups excluding tert-OH is 1. The van der Waals surface area contributed by atoms with Crippen molar-refractivity contribution in [3.8, 4) is 0 Å². The summed E-state index contributed by atoms with van der Waals surface area (Å²) in [7, 11) is 0. The minimum Gasteiger partial charge on any atom is -0.395 e. The second kappa shape index (κ2) is 6.35. The van der Waals surface area contributed by atoms with Crippen molar-refractivity contribution in [1.82, 2.24) is 4.90 Å². The van der Waals surface area contributed by atoms with E-state index in [0.717, 1.165) is 19.5 Å². The maximum Gasteiger partial charge on any atom is 0.0834 e. The van der Waals surface area contributed by atoms with Gasteiger partial charge in [0.1, 0.15) is 0 Å². The summed E-state index contributed by atoms with van der Waals surface area (Å²) in [5.41, 5.74) is 0. The first-order valence-corrected chi connectivity index (χ1v) is 5.31. The summed E-state index contributed by atoms with van der Waals surface area (Å²) < 4.78 is 0. The highest BCUT2D eigenvalue weighted by Crippen LogP contribution is 2.23. The smallest absolute Gasteiger partial charge is 0.0834 e. The van der Waals surface area contributed by atoms with Gasteiger partial charge in [-0.1, -0.05) is 12.8 Å². The van der Waals surface area contributed by atoms with Gasteiger partial charge >= 0.3 is 0 Å². The fraction of sp³-hybridized carbons (Fsp3) is 1.00. The molecule has 0 aliphatic heterocycles. The molecule has 1 N–H and O–H groups in total. The first-order chi connectivity index (χ1) is 6.38. The zero-order chi connectivity index (χ0) is 9.52. The van der Waals surface area contributed by atoms with Crippen LogP contribution in [0.3, 0.4) is 0 Å². The summed E-state index contributed by atoms with van der Waals surface area (Å²) in [5, 5.41) is 19.2. The summed E-state index contributed by atoms with van der Waals surface area (Å²) >= 11 is 0. The third-order valence-electron chi connectivity index (χ3n) is 2.82. The lowest BCUT2D eigenvalue weighted by atomic mass is 10.2. The normalized spacial score (nSPS) is 18.7. The first kappa shape index (κ1) is 11.0. The quantitative estimate of drug-likeness (QED) is 0.673. The topological polar surface area (TPSA) is 43.4 Å². The molecule has 0 heterocycles. The van der Waals surface area contributed by atoms with Crippen molar-refractivity contribution in [3.05, 3.63) is 0 Å². The molecule has 1 saturated carbocycles. The number of aliphatic hydroxyl groups is 1. The second-order valence-electron chi connectivity index (χ2n) is 3.76. The molecule has 3 heteroatoms. The molecule has 0 amide bonds. The van der Waals surface area contributed by atoms with E-state index in [4.69, 9.17) is 5.11 Å². The summed E-state index contributed by atoms with van der Waals surface area (Å²) in [6.45, 7) is 1.84. The van der Waals surface area contributed by atoms with Crippen LogP contribution in [0.25, 0.3) is 0 Å². The number of nitrogens with zero attached hydrogens (tertiary/aromatic N) is 1. The van der Waals surface area contributed by atoms with E-state index in [1.54, 1.807) is 0 Å². The average Bonchev–Trinajstić information content (AvgIpc) is 2.65. The second-order valence-corrected chi connectivity index (χ2v) is 3.76. The van der Waals surface area contributed by atoms with Crippen molar-refractivity contribution in [2.75, 3.05) is 26.3 Å². The van der Waals surface area contributed by atoms with Gasteiger partial charge in [-0.05, 0) is 19.3 Å². The van der Waals surface area contributed by atoms with E-state index in [-0.39, 0.29) is 13.2 Å². The van der Waals surface area contributed by atoms with Gasteiger partial charge in [0, 0.05) is 19.1 Å². The summed E-state index contributed by atoms with van der Waals surface area (Å²) in [6.07, 6.45) is 5.84. The van der Waals surface area contributed by atoms with Crippen molar-refractivity contribution < 1.29 is 10.2 Å². The van der Waals surface area contributed by atoms with Crippen LogP contribution >= 0.6 is 0 Å². The van der Waals surface area contributed by atoms with E-state index in [9.17, 15) is 5.11 Å². The third kappa shape index (κ3) is 3.63. The van der Waals surface area contributed by atoms with Gasteiger partial charge in [-0.3, -0.25) is 4.90 Å². The minimum atomic E-state index is 0.00858. The maximum absolute atomic E-state index is 10.4. The minimum absolute atomic E-state index is 0.00858. The number of rotatable bonds is 6. The SMILES string of the molecule is [O]CCCN(CCO)C1CCCC1. The monoisotopic (exact) mass is 186 g/mol. The molecule has 0 atom stereocenters. The average molecular weight is 186 g/mol. The third-order valence-corrected chi connectivity index (χ3v) is 2.82. The van der Waals surface area contributed by atoms with Crippen LogP contribution in [-0.4, -0.2) is 42.4 Å². The molecule has 1 radical (unpaired) electrons. The molecule has 0 spiro atoms. The van der Waals surface area contributed by atoms with Gasteiger partial charge in [-0.15, -0.1) is 0 Å². The molecule has 3 nitrogen and oxygen atoms in total. The standard InChI is InChI=1S/C10H20NO2/c12-8-3-6-11(7-9-13)10-4-1-2-5-10/h10,13H,1-9H2. The van der Waals surface area contributed by atoms with Crippen LogP contribution in [0.15, 0.2) is 0 Å². The Labute approximate surface area is 80.4 Å². The van der Waals surface area contributed by atoms with E-state index in [1.165, 1.54) is 25.7 Å². The van der Waals surface area contributed by atoms with Crippen LogP contribution in [-0.2, 0) is 5.11 Å². The fourth-order valence-electron chi connectivity index (χ4n) is 2.14. The van der Waals surface area contributed by atoms with E-state index < -0.39 is 0 Å². The molecule has 77 valence electrons. The Kier molecular flexibility index (Phi) is 5.35. The molecule has 0 saturated heterocycles. The molecule has 1 fully saturated rings.